The number of imidazole rings is 1. The zero-order chi connectivity index (χ0) is 18.5. The number of rotatable bonds is 2. The van der Waals surface area contributed by atoms with Crippen molar-refractivity contribution in [3.8, 4) is 11.3 Å². The monoisotopic (exact) mass is 392 g/mol. The summed E-state index contributed by atoms with van der Waals surface area (Å²) < 4.78 is 1.80. The highest BCUT2D eigenvalue weighted by molar-refractivity contribution is 7.16. The lowest BCUT2D eigenvalue weighted by Gasteiger charge is -2.02. The van der Waals surface area contributed by atoms with Crippen molar-refractivity contribution < 1.29 is 4.79 Å². The predicted molar refractivity (Wildman–Crippen MR) is 109 cm³/mol. The van der Waals surface area contributed by atoms with E-state index in [9.17, 15) is 4.79 Å². The van der Waals surface area contributed by atoms with Crippen molar-refractivity contribution in [2.75, 3.05) is 5.32 Å². The number of nitrogens with zero attached hydrogens (tertiary/aromatic N) is 3. The van der Waals surface area contributed by atoms with Crippen LogP contribution in [-0.4, -0.2) is 20.5 Å². The Bertz CT molecular complexity index is 1240. The molecule has 1 amide bonds. The van der Waals surface area contributed by atoms with Gasteiger partial charge < -0.3 is 5.32 Å². The molecule has 1 N–H and O–H groups in total. The van der Waals surface area contributed by atoms with Crippen molar-refractivity contribution in [2.45, 2.75) is 6.92 Å². The van der Waals surface area contributed by atoms with Crippen LogP contribution in [0.2, 0.25) is 5.02 Å². The normalized spacial score (nSPS) is 14.7. The fraction of sp³-hybridized carbons (Fsp3) is 0.0500. The van der Waals surface area contributed by atoms with Crippen LogP contribution in [0.5, 0.6) is 0 Å². The molecule has 2 aromatic carbocycles. The lowest BCUT2D eigenvalue weighted by atomic mass is 10.0. The summed E-state index contributed by atoms with van der Waals surface area (Å²) >= 11 is 7.67. The highest BCUT2D eigenvalue weighted by atomic mass is 35.5. The number of benzene rings is 2. The Morgan fingerprint density at radius 2 is 2.00 bits per heavy atom. The van der Waals surface area contributed by atoms with Gasteiger partial charge in [0.1, 0.15) is 5.01 Å². The minimum atomic E-state index is -0.159. The van der Waals surface area contributed by atoms with E-state index in [4.69, 9.17) is 16.6 Å². The highest BCUT2D eigenvalue weighted by Gasteiger charge is 2.26. The van der Waals surface area contributed by atoms with Gasteiger partial charge in [0.25, 0.3) is 5.91 Å². The Morgan fingerprint density at radius 1 is 1.19 bits per heavy atom. The quantitative estimate of drug-likeness (QED) is 0.493. The first-order chi connectivity index (χ1) is 13.1. The zero-order valence-corrected chi connectivity index (χ0v) is 15.8. The van der Waals surface area contributed by atoms with Crippen LogP contribution in [0.1, 0.15) is 16.3 Å². The molecule has 0 spiro atoms. The Morgan fingerprint density at radius 3 is 2.81 bits per heavy atom. The first-order valence-corrected chi connectivity index (χ1v) is 9.54. The summed E-state index contributed by atoms with van der Waals surface area (Å²) in [6.07, 6.45) is 1.85. The van der Waals surface area contributed by atoms with E-state index < -0.39 is 0 Å². The Hall–Kier alpha value is -2.96. The SMILES string of the molecule is Cc1nn2c(/C=C3/C(=O)Nc4ccc(Cl)cc43)c(-c3ccccc3)nc2s1. The molecule has 0 fully saturated rings. The summed E-state index contributed by atoms with van der Waals surface area (Å²) in [5.41, 5.74) is 4.64. The van der Waals surface area contributed by atoms with Gasteiger partial charge in [0, 0.05) is 21.8 Å². The molecule has 4 aromatic rings. The van der Waals surface area contributed by atoms with E-state index in [1.807, 2.05) is 49.4 Å². The van der Waals surface area contributed by atoms with E-state index in [0.29, 0.717) is 10.6 Å². The minimum Gasteiger partial charge on any atom is -0.321 e. The number of hydrogen-bond acceptors (Lipinski definition) is 4. The maximum Gasteiger partial charge on any atom is 0.256 e. The van der Waals surface area contributed by atoms with E-state index in [0.717, 1.165) is 38.2 Å². The Balaban J connectivity index is 1.77. The van der Waals surface area contributed by atoms with Gasteiger partial charge in [0.05, 0.1) is 17.0 Å². The first-order valence-electron chi connectivity index (χ1n) is 8.35. The number of nitrogens with one attached hydrogen (secondary N) is 1. The van der Waals surface area contributed by atoms with Gasteiger partial charge in [-0.3, -0.25) is 4.79 Å². The van der Waals surface area contributed by atoms with Crippen LogP contribution in [0.15, 0.2) is 48.5 Å². The average Bonchev–Trinajstić information content (AvgIpc) is 3.28. The molecule has 5 nitrogen and oxygen atoms in total. The second kappa shape index (κ2) is 6.04. The second-order valence-electron chi connectivity index (χ2n) is 6.23. The summed E-state index contributed by atoms with van der Waals surface area (Å²) in [6, 6.07) is 15.3. The van der Waals surface area contributed by atoms with Crippen molar-refractivity contribution >= 4 is 51.1 Å². The number of amides is 1. The van der Waals surface area contributed by atoms with Gasteiger partial charge in [-0.1, -0.05) is 53.3 Å². The van der Waals surface area contributed by atoms with Gasteiger partial charge >= 0.3 is 0 Å². The van der Waals surface area contributed by atoms with Crippen LogP contribution in [0.4, 0.5) is 5.69 Å². The summed E-state index contributed by atoms with van der Waals surface area (Å²) in [5.74, 6) is -0.159. The van der Waals surface area contributed by atoms with Crippen LogP contribution in [0.25, 0.3) is 27.9 Å². The largest absolute Gasteiger partial charge is 0.321 e. The molecule has 1 aliphatic rings. The molecule has 0 bridgehead atoms. The molecular formula is C20H13ClN4OS. The van der Waals surface area contributed by atoms with Crippen molar-refractivity contribution in [3.05, 3.63) is 69.8 Å². The number of anilines is 1. The third kappa shape index (κ3) is 2.65. The van der Waals surface area contributed by atoms with E-state index in [1.165, 1.54) is 11.3 Å². The van der Waals surface area contributed by atoms with Crippen molar-refractivity contribution in [1.82, 2.24) is 14.6 Å². The highest BCUT2D eigenvalue weighted by Crippen LogP contribution is 2.37. The van der Waals surface area contributed by atoms with Gasteiger partial charge in [-0.2, -0.15) is 5.10 Å². The molecule has 3 heterocycles. The smallest absolute Gasteiger partial charge is 0.256 e. The third-order valence-electron chi connectivity index (χ3n) is 4.43. The van der Waals surface area contributed by atoms with Crippen LogP contribution in [0, 0.1) is 6.92 Å². The molecule has 0 aliphatic carbocycles. The van der Waals surface area contributed by atoms with Gasteiger partial charge in [-0.05, 0) is 31.2 Å². The lowest BCUT2D eigenvalue weighted by molar-refractivity contribution is -0.110. The van der Waals surface area contributed by atoms with E-state index in [1.54, 1.807) is 16.6 Å². The molecule has 132 valence electrons. The summed E-state index contributed by atoms with van der Waals surface area (Å²) in [5, 5.41) is 8.96. The van der Waals surface area contributed by atoms with E-state index >= 15 is 0 Å². The fourth-order valence-corrected chi connectivity index (χ4v) is 4.16. The van der Waals surface area contributed by atoms with E-state index in [-0.39, 0.29) is 5.91 Å². The third-order valence-corrected chi connectivity index (χ3v) is 5.49. The zero-order valence-electron chi connectivity index (χ0n) is 14.2. The van der Waals surface area contributed by atoms with Gasteiger partial charge in [0.15, 0.2) is 0 Å². The summed E-state index contributed by atoms with van der Waals surface area (Å²) in [7, 11) is 0. The molecule has 5 rings (SSSR count). The molecule has 7 heteroatoms. The fourth-order valence-electron chi connectivity index (χ4n) is 3.24. The summed E-state index contributed by atoms with van der Waals surface area (Å²) in [6.45, 7) is 1.94. The van der Waals surface area contributed by atoms with Gasteiger partial charge in [-0.15, -0.1) is 0 Å². The van der Waals surface area contributed by atoms with Crippen LogP contribution in [-0.2, 0) is 4.79 Å². The van der Waals surface area contributed by atoms with Gasteiger partial charge in [0.2, 0.25) is 4.96 Å². The molecule has 0 radical (unpaired) electrons. The van der Waals surface area contributed by atoms with Crippen LogP contribution < -0.4 is 5.32 Å². The average molecular weight is 393 g/mol. The number of aromatic nitrogens is 3. The Kier molecular flexibility index (Phi) is 3.63. The number of fused-ring (bicyclic) bond motifs is 2. The maximum absolute atomic E-state index is 12.6. The molecule has 0 saturated carbocycles. The number of hydrogen-bond donors (Lipinski definition) is 1. The predicted octanol–water partition coefficient (Wildman–Crippen LogP) is 4.91. The number of halogens is 1. The number of aryl methyl sites for hydroxylation is 1. The molecular weight excluding hydrogens is 380 g/mol. The topological polar surface area (TPSA) is 59.3 Å². The molecule has 2 aromatic heterocycles. The molecule has 27 heavy (non-hydrogen) atoms. The Labute approximate surface area is 163 Å². The lowest BCUT2D eigenvalue weighted by Crippen LogP contribution is -2.04. The van der Waals surface area contributed by atoms with Crippen LogP contribution >= 0.6 is 22.9 Å². The van der Waals surface area contributed by atoms with Crippen molar-refractivity contribution in [1.29, 1.82) is 0 Å². The first kappa shape index (κ1) is 16.2. The second-order valence-corrected chi connectivity index (χ2v) is 7.83. The minimum absolute atomic E-state index is 0.159. The number of carbonyl (C=O) groups excluding carboxylic acids is 1. The standard InChI is InChI=1S/C20H13ClN4OS/c1-11-24-25-17(18(23-20(25)27-11)12-5-3-2-4-6-12)10-15-14-9-13(21)7-8-16(14)22-19(15)26/h2-10H,1H3,(H,22,26)/b15-10+. The molecule has 0 atom stereocenters. The maximum atomic E-state index is 12.6. The van der Waals surface area contributed by atoms with E-state index in [2.05, 4.69) is 10.4 Å². The van der Waals surface area contributed by atoms with Crippen LogP contribution in [0.3, 0.4) is 0 Å². The molecule has 0 unspecified atom stereocenters. The molecule has 0 saturated heterocycles. The van der Waals surface area contributed by atoms with Gasteiger partial charge in [-0.25, -0.2) is 9.50 Å². The summed E-state index contributed by atoms with van der Waals surface area (Å²) in [4.78, 5) is 18.1. The van der Waals surface area contributed by atoms with Crippen molar-refractivity contribution in [2.24, 2.45) is 0 Å². The van der Waals surface area contributed by atoms with Crippen molar-refractivity contribution in [3.63, 3.8) is 0 Å². The molecule has 1 aliphatic heterocycles. The number of carbonyl (C=O) groups is 1.